The van der Waals surface area contributed by atoms with Gasteiger partial charge in [0.05, 0.1) is 0 Å². The molecule has 0 aromatic rings. The molecule has 0 unspecified atom stereocenters. The van der Waals surface area contributed by atoms with Crippen LogP contribution >= 0.6 is 15.8 Å². The van der Waals surface area contributed by atoms with E-state index in [1.807, 2.05) is 0 Å². The fourth-order valence-electron chi connectivity index (χ4n) is 4.08. The molecule has 0 rings (SSSR count). The molecule has 0 aromatic heterocycles. The summed E-state index contributed by atoms with van der Waals surface area (Å²) in [5, 5.41) is 0. The number of unbranched alkanes of at least 4 members (excludes halogenated alkanes) is 3. The first-order valence-corrected chi connectivity index (χ1v) is 14.5. The summed E-state index contributed by atoms with van der Waals surface area (Å²) < 4.78 is 0. The Labute approximate surface area is 215 Å². The standard InChI is InChI=1S/2C9H21P.C6H14.2ClH.Ru/c2*1-7(2)10(8(3)4)9(5)6;1-3-5-6-4-2;;;/h2*7-9H,1-6H3;3-6H2,1-2H3;2*1H;/q;;;;;+6/p-2. The molecular weight excluding hydrogens is 522 g/mol. The van der Waals surface area contributed by atoms with Gasteiger partial charge in [0.2, 0.25) is 0 Å². The maximum absolute atomic E-state index is 2.35. The SMILES string of the molecule is CC(C)P(C(C)C)C(C)C.CC(C)P(C(C)C)C(C)C.CCCCCC.[Cl-].[Cl-].[Ru+6]. The van der Waals surface area contributed by atoms with Gasteiger partial charge in [0.25, 0.3) is 0 Å². The first-order chi connectivity index (χ1) is 11.8. The van der Waals surface area contributed by atoms with E-state index in [9.17, 15) is 0 Å². The van der Waals surface area contributed by atoms with Crippen LogP contribution in [0.5, 0.6) is 0 Å². The van der Waals surface area contributed by atoms with Gasteiger partial charge in [0.15, 0.2) is 0 Å². The van der Waals surface area contributed by atoms with Crippen molar-refractivity contribution in [1.82, 2.24) is 0 Å². The Morgan fingerprint density at radius 2 is 0.552 bits per heavy atom. The van der Waals surface area contributed by atoms with Crippen molar-refractivity contribution in [1.29, 1.82) is 0 Å². The Morgan fingerprint density at radius 1 is 0.414 bits per heavy atom. The van der Waals surface area contributed by atoms with Crippen molar-refractivity contribution >= 4 is 15.8 Å². The Balaban J connectivity index is -0.0000000670. The molecular formula is C24H56Cl2P2Ru+4. The van der Waals surface area contributed by atoms with E-state index in [2.05, 4.69) is 96.9 Å². The summed E-state index contributed by atoms with van der Waals surface area (Å²) in [6.45, 7) is 32.7. The Hall–Kier alpha value is 2.06. The summed E-state index contributed by atoms with van der Waals surface area (Å²) in [6, 6.07) is 0. The molecule has 0 N–H and O–H groups in total. The largest absolute Gasteiger partial charge is 6.00 e. The molecule has 0 saturated heterocycles. The fraction of sp³-hybridized carbons (Fsp3) is 1.00. The van der Waals surface area contributed by atoms with Crippen LogP contribution in [0.4, 0.5) is 0 Å². The molecule has 0 aliphatic rings. The van der Waals surface area contributed by atoms with E-state index in [4.69, 9.17) is 0 Å². The van der Waals surface area contributed by atoms with Gasteiger partial charge in [-0.3, -0.25) is 0 Å². The molecule has 0 saturated carbocycles. The van der Waals surface area contributed by atoms with Crippen LogP contribution in [-0.2, 0) is 19.5 Å². The van der Waals surface area contributed by atoms with Crippen molar-refractivity contribution in [3.63, 3.8) is 0 Å². The second-order valence-electron chi connectivity index (χ2n) is 9.16. The average molecular weight is 579 g/mol. The fourth-order valence-corrected chi connectivity index (χ4v) is 11.2. The zero-order valence-electron chi connectivity index (χ0n) is 22.3. The average Bonchev–Trinajstić information content (AvgIpc) is 2.43. The van der Waals surface area contributed by atoms with E-state index in [1.165, 1.54) is 25.7 Å². The molecule has 5 heteroatoms. The molecule has 0 spiro atoms. The first kappa shape index (κ1) is 44.7. The van der Waals surface area contributed by atoms with E-state index < -0.39 is 0 Å². The van der Waals surface area contributed by atoms with Gasteiger partial charge < -0.3 is 24.8 Å². The molecule has 0 atom stereocenters. The monoisotopic (exact) mass is 578 g/mol. The summed E-state index contributed by atoms with van der Waals surface area (Å²) in [5.74, 6) is 0. The number of halogens is 2. The third kappa shape index (κ3) is 28.0. The van der Waals surface area contributed by atoms with Crippen LogP contribution in [-0.4, -0.2) is 34.0 Å². The Bertz CT molecular complexity index is 218. The molecule has 0 aromatic carbocycles. The smallest absolute Gasteiger partial charge is 1.00 e. The van der Waals surface area contributed by atoms with Gasteiger partial charge in [-0.15, -0.1) is 0 Å². The van der Waals surface area contributed by atoms with E-state index in [1.54, 1.807) is 0 Å². The van der Waals surface area contributed by atoms with Gasteiger partial charge in [-0.1, -0.05) is 138 Å². The van der Waals surface area contributed by atoms with Crippen molar-refractivity contribution in [2.24, 2.45) is 0 Å². The van der Waals surface area contributed by atoms with Crippen molar-refractivity contribution in [2.45, 2.75) is 157 Å². The van der Waals surface area contributed by atoms with E-state index in [0.717, 1.165) is 34.0 Å². The third-order valence-corrected chi connectivity index (χ3v) is 11.7. The van der Waals surface area contributed by atoms with E-state index in [-0.39, 0.29) is 60.1 Å². The zero-order valence-corrected chi connectivity index (χ0v) is 27.3. The minimum atomic E-state index is 0. The van der Waals surface area contributed by atoms with Crippen molar-refractivity contribution < 1.29 is 44.3 Å². The Morgan fingerprint density at radius 3 is 0.586 bits per heavy atom. The molecule has 0 nitrogen and oxygen atoms in total. The molecule has 0 radical (unpaired) electrons. The maximum Gasteiger partial charge on any atom is 6.00 e. The van der Waals surface area contributed by atoms with Gasteiger partial charge in [-0.25, -0.2) is 0 Å². The van der Waals surface area contributed by atoms with Crippen LogP contribution in [0.1, 0.15) is 123 Å². The second-order valence-corrected chi connectivity index (χ2v) is 17.1. The molecule has 0 heterocycles. The summed E-state index contributed by atoms with van der Waals surface area (Å²) >= 11 is 0. The van der Waals surface area contributed by atoms with Crippen LogP contribution in [0.25, 0.3) is 0 Å². The molecule has 0 bridgehead atoms. The summed E-state index contributed by atoms with van der Waals surface area (Å²) in [7, 11) is 0.525. The third-order valence-electron chi connectivity index (χ3n) is 4.53. The molecule has 180 valence electrons. The van der Waals surface area contributed by atoms with E-state index >= 15 is 0 Å². The molecule has 0 amide bonds. The van der Waals surface area contributed by atoms with Crippen LogP contribution in [0.15, 0.2) is 0 Å². The van der Waals surface area contributed by atoms with Crippen molar-refractivity contribution in [3.05, 3.63) is 0 Å². The minimum absolute atomic E-state index is 0. The molecule has 0 aliphatic carbocycles. The first-order valence-electron chi connectivity index (χ1n) is 11.4. The van der Waals surface area contributed by atoms with Gasteiger partial charge in [0, 0.05) is 0 Å². The number of rotatable bonds is 9. The molecule has 0 fully saturated rings. The predicted molar refractivity (Wildman–Crippen MR) is 134 cm³/mol. The van der Waals surface area contributed by atoms with Crippen LogP contribution in [0.2, 0.25) is 0 Å². The summed E-state index contributed by atoms with van der Waals surface area (Å²) in [5.41, 5.74) is 5.39. The van der Waals surface area contributed by atoms with Crippen molar-refractivity contribution in [2.75, 3.05) is 0 Å². The maximum atomic E-state index is 2.35. The van der Waals surface area contributed by atoms with Crippen LogP contribution in [0.3, 0.4) is 0 Å². The van der Waals surface area contributed by atoms with Gasteiger partial charge in [-0.05, 0) is 34.0 Å². The number of hydrogen-bond acceptors (Lipinski definition) is 0. The van der Waals surface area contributed by atoms with Gasteiger partial charge in [0.1, 0.15) is 0 Å². The quantitative estimate of drug-likeness (QED) is 0.221. The van der Waals surface area contributed by atoms with Crippen molar-refractivity contribution in [3.8, 4) is 0 Å². The second kappa shape index (κ2) is 28.1. The van der Waals surface area contributed by atoms with Crippen LogP contribution < -0.4 is 24.8 Å². The summed E-state index contributed by atoms with van der Waals surface area (Å²) in [4.78, 5) is 0. The molecule has 0 aliphatic heterocycles. The number of hydrogen-bond donors (Lipinski definition) is 0. The van der Waals surface area contributed by atoms with Crippen LogP contribution in [0, 0.1) is 0 Å². The van der Waals surface area contributed by atoms with Gasteiger partial charge in [-0.2, -0.15) is 0 Å². The predicted octanol–water partition coefficient (Wildman–Crippen LogP) is 3.98. The van der Waals surface area contributed by atoms with E-state index in [0.29, 0.717) is 0 Å². The topological polar surface area (TPSA) is 0 Å². The zero-order chi connectivity index (χ0) is 21.4. The summed E-state index contributed by atoms with van der Waals surface area (Å²) in [6.07, 6.45) is 5.54. The molecule has 29 heavy (non-hydrogen) atoms. The Kier molecular flexibility index (Phi) is 43.3. The minimum Gasteiger partial charge on any atom is -1.00 e. The normalized spacial score (nSPS) is 10.6. The van der Waals surface area contributed by atoms with Gasteiger partial charge >= 0.3 is 19.5 Å².